The molecule has 24 heavy (non-hydrogen) atoms. The summed E-state index contributed by atoms with van der Waals surface area (Å²) >= 11 is 0. The third-order valence-electron chi connectivity index (χ3n) is 5.60. The highest BCUT2D eigenvalue weighted by Crippen LogP contribution is 2.51. The Bertz CT molecular complexity index is 840. The predicted molar refractivity (Wildman–Crippen MR) is 97.4 cm³/mol. The number of fused-ring (bicyclic) bond motifs is 3. The third kappa shape index (κ3) is 2.19. The van der Waals surface area contributed by atoms with E-state index in [1.54, 1.807) is 32.9 Å². The number of anilines is 1. The normalized spacial score (nSPS) is 32.6. The monoisotopic (exact) mass is 350 g/mol. The molecule has 0 spiro atoms. The summed E-state index contributed by atoms with van der Waals surface area (Å²) < 4.78 is 32.1. The van der Waals surface area contributed by atoms with Gasteiger partial charge in [-0.1, -0.05) is 0 Å². The molecule has 3 rings (SSSR count). The van der Waals surface area contributed by atoms with Crippen LogP contribution in [0.15, 0.2) is 23.2 Å². The lowest BCUT2D eigenvalue weighted by molar-refractivity contribution is 0.102. The summed E-state index contributed by atoms with van der Waals surface area (Å²) in [4.78, 5) is 4.89. The number of ether oxygens (including phenoxy) is 1. The fraction of sp³-hybridized carbons (Fsp3) is 0.611. The Morgan fingerprint density at radius 3 is 2.46 bits per heavy atom. The van der Waals surface area contributed by atoms with Crippen LogP contribution in [0.25, 0.3) is 0 Å². The van der Waals surface area contributed by atoms with E-state index in [0.717, 1.165) is 5.56 Å². The standard InChI is InChI=1S/C18H26N2O3S/c1-11-17(4,5)24(21,22)15-10-16(2,3)23-14-8-7-12(19)9-13(14)18(15,6)20-11/h7-9,15H,10,19H2,1-6H3/t15-,18+/m0/s1. The fourth-order valence-corrected chi connectivity index (χ4v) is 6.35. The van der Waals surface area contributed by atoms with Gasteiger partial charge in [0.1, 0.15) is 21.6 Å². The van der Waals surface area contributed by atoms with E-state index in [-0.39, 0.29) is 0 Å². The van der Waals surface area contributed by atoms with Gasteiger partial charge in [-0.15, -0.1) is 0 Å². The molecule has 0 aliphatic carbocycles. The first-order valence-electron chi connectivity index (χ1n) is 8.21. The van der Waals surface area contributed by atoms with Gasteiger partial charge in [0.05, 0.1) is 5.25 Å². The summed E-state index contributed by atoms with van der Waals surface area (Å²) in [5, 5.41) is -0.665. The number of benzene rings is 1. The minimum Gasteiger partial charge on any atom is -0.487 e. The topological polar surface area (TPSA) is 81.8 Å². The summed E-state index contributed by atoms with van der Waals surface area (Å²) in [6, 6.07) is 5.39. The molecular formula is C18H26N2O3S. The largest absolute Gasteiger partial charge is 0.487 e. The smallest absolute Gasteiger partial charge is 0.166 e. The van der Waals surface area contributed by atoms with Gasteiger partial charge in [0.25, 0.3) is 0 Å². The molecule has 1 aromatic rings. The van der Waals surface area contributed by atoms with Gasteiger partial charge >= 0.3 is 0 Å². The molecule has 2 N–H and O–H groups in total. The highest BCUT2D eigenvalue weighted by Gasteiger charge is 2.59. The molecule has 0 saturated heterocycles. The second-order valence-corrected chi connectivity index (χ2v) is 10.9. The molecule has 0 bridgehead atoms. The zero-order valence-electron chi connectivity index (χ0n) is 15.2. The summed E-state index contributed by atoms with van der Waals surface area (Å²) in [6.07, 6.45) is 0.376. The lowest BCUT2D eigenvalue weighted by atomic mass is 9.84. The summed E-state index contributed by atoms with van der Waals surface area (Å²) in [5.74, 6) is 0.658. The number of sulfone groups is 1. The first-order chi connectivity index (χ1) is 10.8. The number of rotatable bonds is 0. The van der Waals surface area contributed by atoms with E-state index in [1.165, 1.54) is 0 Å². The lowest BCUT2D eigenvalue weighted by Crippen LogP contribution is -2.57. The lowest BCUT2D eigenvalue weighted by Gasteiger charge is -2.44. The van der Waals surface area contributed by atoms with Gasteiger partial charge in [0.15, 0.2) is 9.84 Å². The van der Waals surface area contributed by atoms with Crippen molar-refractivity contribution in [3.63, 3.8) is 0 Å². The van der Waals surface area contributed by atoms with E-state index in [1.807, 2.05) is 26.8 Å². The molecule has 6 heteroatoms. The van der Waals surface area contributed by atoms with Crippen molar-refractivity contribution in [2.45, 2.75) is 69.1 Å². The number of nitrogen functional groups attached to an aromatic ring is 1. The van der Waals surface area contributed by atoms with Gasteiger partial charge < -0.3 is 10.5 Å². The third-order valence-corrected chi connectivity index (χ3v) is 8.69. The zero-order valence-corrected chi connectivity index (χ0v) is 16.0. The van der Waals surface area contributed by atoms with Crippen LogP contribution >= 0.6 is 0 Å². The second kappa shape index (κ2) is 4.75. The maximum absolute atomic E-state index is 13.5. The van der Waals surface area contributed by atoms with E-state index in [9.17, 15) is 8.42 Å². The highest BCUT2D eigenvalue weighted by atomic mass is 32.2. The van der Waals surface area contributed by atoms with Gasteiger partial charge in [-0.3, -0.25) is 4.99 Å². The summed E-state index contributed by atoms with van der Waals surface area (Å²) in [7, 11) is -3.47. The molecule has 2 heterocycles. The van der Waals surface area contributed by atoms with Gasteiger partial charge in [-0.05, 0) is 59.7 Å². The Morgan fingerprint density at radius 1 is 1.21 bits per heavy atom. The van der Waals surface area contributed by atoms with Crippen LogP contribution in [-0.2, 0) is 15.4 Å². The van der Waals surface area contributed by atoms with Crippen molar-refractivity contribution in [1.82, 2.24) is 0 Å². The molecular weight excluding hydrogens is 324 g/mol. The Labute approximate surface area is 144 Å². The van der Waals surface area contributed by atoms with Crippen molar-refractivity contribution < 1.29 is 13.2 Å². The first-order valence-corrected chi connectivity index (χ1v) is 9.75. The number of aliphatic imine (C=N–C) groups is 1. The van der Waals surface area contributed by atoms with Crippen LogP contribution in [0.4, 0.5) is 5.69 Å². The molecule has 0 aromatic heterocycles. The Hall–Kier alpha value is -1.56. The maximum atomic E-state index is 13.5. The molecule has 0 unspecified atom stereocenters. The number of nitrogens with two attached hydrogens (primary N) is 1. The molecule has 2 aliphatic heterocycles. The van der Waals surface area contributed by atoms with E-state index >= 15 is 0 Å². The molecule has 2 aliphatic rings. The number of hydrogen-bond acceptors (Lipinski definition) is 5. The van der Waals surface area contributed by atoms with E-state index in [0.29, 0.717) is 23.6 Å². The van der Waals surface area contributed by atoms with Crippen LogP contribution in [0.1, 0.15) is 53.5 Å². The van der Waals surface area contributed by atoms with Crippen LogP contribution in [0.5, 0.6) is 5.75 Å². The predicted octanol–water partition coefficient (Wildman–Crippen LogP) is 3.08. The second-order valence-electron chi connectivity index (χ2n) is 8.21. The minimum atomic E-state index is -3.47. The van der Waals surface area contributed by atoms with Gasteiger partial charge in [-0.25, -0.2) is 8.42 Å². The highest BCUT2D eigenvalue weighted by molar-refractivity contribution is 7.94. The maximum Gasteiger partial charge on any atom is 0.166 e. The minimum absolute atomic E-state index is 0.376. The Kier molecular flexibility index (Phi) is 3.42. The number of nitrogens with zero attached hydrogens (tertiary/aromatic N) is 1. The van der Waals surface area contributed by atoms with E-state index in [2.05, 4.69) is 0 Å². The van der Waals surface area contributed by atoms with Gasteiger partial charge in [0, 0.05) is 23.4 Å². The SMILES string of the molecule is CC1=N[C@]2(C)c3cc(N)ccc3OC(C)(C)C[C@@H]2S(=O)(=O)C1(C)C. The molecule has 132 valence electrons. The molecule has 0 amide bonds. The molecule has 0 saturated carbocycles. The molecule has 1 aromatic carbocycles. The first kappa shape index (κ1) is 17.3. The van der Waals surface area contributed by atoms with Crippen LogP contribution in [-0.4, -0.2) is 29.7 Å². The average molecular weight is 350 g/mol. The zero-order chi connectivity index (χ0) is 18.1. The van der Waals surface area contributed by atoms with Crippen molar-refractivity contribution in [3.05, 3.63) is 23.8 Å². The van der Waals surface area contributed by atoms with Crippen molar-refractivity contribution >= 4 is 21.2 Å². The average Bonchev–Trinajstić information content (AvgIpc) is 2.52. The van der Waals surface area contributed by atoms with Crippen LogP contribution < -0.4 is 10.5 Å². The Balaban J connectivity index is 2.40. The van der Waals surface area contributed by atoms with Crippen molar-refractivity contribution in [1.29, 1.82) is 0 Å². The molecule has 5 nitrogen and oxygen atoms in total. The van der Waals surface area contributed by atoms with Gasteiger partial charge in [0.2, 0.25) is 0 Å². The molecule has 0 radical (unpaired) electrons. The van der Waals surface area contributed by atoms with E-state index < -0.39 is 31.0 Å². The summed E-state index contributed by atoms with van der Waals surface area (Å²) in [6.45, 7) is 11.0. The van der Waals surface area contributed by atoms with Crippen molar-refractivity contribution in [3.8, 4) is 5.75 Å². The molecule has 0 fully saturated rings. The van der Waals surface area contributed by atoms with Crippen LogP contribution in [0.2, 0.25) is 0 Å². The van der Waals surface area contributed by atoms with Gasteiger partial charge in [-0.2, -0.15) is 0 Å². The van der Waals surface area contributed by atoms with Crippen LogP contribution in [0, 0.1) is 0 Å². The van der Waals surface area contributed by atoms with Crippen molar-refractivity contribution in [2.75, 3.05) is 5.73 Å². The van der Waals surface area contributed by atoms with Crippen LogP contribution in [0.3, 0.4) is 0 Å². The summed E-state index contributed by atoms with van der Waals surface area (Å²) in [5.41, 5.74) is 6.41. The quantitative estimate of drug-likeness (QED) is 0.729. The fourth-order valence-electron chi connectivity index (χ4n) is 3.78. The Morgan fingerprint density at radius 2 is 1.83 bits per heavy atom. The number of hydrogen-bond donors (Lipinski definition) is 1. The van der Waals surface area contributed by atoms with Crippen molar-refractivity contribution in [2.24, 2.45) is 4.99 Å². The van der Waals surface area contributed by atoms with E-state index in [4.69, 9.17) is 15.5 Å². The molecule has 2 atom stereocenters.